The maximum absolute atomic E-state index is 12.5. The zero-order valence-electron chi connectivity index (χ0n) is 8.32. The molecule has 115 valence electrons. The molecule has 0 saturated carbocycles. The van der Waals surface area contributed by atoms with E-state index in [1.807, 2.05) is 0 Å². The molecule has 0 aromatic carbocycles. The summed E-state index contributed by atoms with van der Waals surface area (Å²) in [6, 6.07) is 0. The van der Waals surface area contributed by atoms with Crippen LogP contribution in [-0.2, 0) is 0 Å². The van der Waals surface area contributed by atoms with Gasteiger partial charge in [0.05, 0.1) is 0 Å². The monoisotopic (exact) mass is 315 g/mol. The minimum absolute atomic E-state index is 1.18. The van der Waals surface area contributed by atoms with Crippen molar-refractivity contribution in [2.75, 3.05) is 0 Å². The van der Waals surface area contributed by atoms with Gasteiger partial charge in [0.1, 0.15) is 0 Å². The van der Waals surface area contributed by atoms with E-state index in [1.165, 1.54) is 6.92 Å². The molecule has 0 amide bonds. The Balaban J connectivity index is 5.70. The summed E-state index contributed by atoms with van der Waals surface area (Å²) >= 11 is 0. The predicted octanol–water partition coefficient (Wildman–Crippen LogP) is 4.26. The number of rotatable bonds is 4. The predicted molar refractivity (Wildman–Crippen MR) is 36.1 cm³/mol. The molecule has 0 aromatic rings. The zero-order valence-corrected chi connectivity index (χ0v) is 8.32. The summed E-state index contributed by atoms with van der Waals surface area (Å²) in [5, 5.41) is 0. The number of halogens is 12. The van der Waals surface area contributed by atoms with Gasteiger partial charge in [0, 0.05) is 6.92 Å². The smallest absolute Gasteiger partial charge is 0.233 e. The van der Waals surface area contributed by atoms with Gasteiger partial charge in [0.2, 0.25) is 6.17 Å². The molecule has 0 rings (SSSR count). The number of alkyl halides is 12. The Labute approximate surface area is 96.9 Å². The highest BCUT2D eigenvalue weighted by Crippen LogP contribution is 2.53. The summed E-state index contributed by atoms with van der Waals surface area (Å²) in [6.45, 7) is 1.18. The van der Waals surface area contributed by atoms with Crippen LogP contribution >= 0.6 is 0 Å². The largest absolute Gasteiger partial charge is 0.456 e. The highest BCUT2D eigenvalue weighted by molar-refractivity contribution is 5.06. The van der Waals surface area contributed by atoms with Crippen molar-refractivity contribution < 1.29 is 52.7 Å². The molecule has 0 heterocycles. The molecule has 0 aromatic heterocycles. The summed E-state index contributed by atoms with van der Waals surface area (Å²) < 4.78 is 145. The third kappa shape index (κ3) is 2.71. The molecule has 19 heavy (non-hydrogen) atoms. The van der Waals surface area contributed by atoms with Gasteiger partial charge >= 0.3 is 29.9 Å². The Morgan fingerprint density at radius 3 is 1.16 bits per heavy atom. The first-order valence-corrected chi connectivity index (χ1v) is 3.98. The maximum atomic E-state index is 12.5. The van der Waals surface area contributed by atoms with Crippen molar-refractivity contribution in [2.24, 2.45) is 0 Å². The molecule has 1 atom stereocenters. The van der Waals surface area contributed by atoms with Gasteiger partial charge in [-0.05, 0) is 0 Å². The highest BCUT2D eigenvalue weighted by atomic mass is 19.4. The summed E-state index contributed by atoms with van der Waals surface area (Å²) in [7, 11) is 0. The molecule has 0 aliphatic heterocycles. The van der Waals surface area contributed by atoms with E-state index in [0.717, 1.165) is 0 Å². The second-order valence-electron chi connectivity index (χ2n) is 3.39. The van der Waals surface area contributed by atoms with Crippen LogP contribution in [0.5, 0.6) is 0 Å². The normalized spacial score (nSPS) is 17.5. The van der Waals surface area contributed by atoms with E-state index in [4.69, 9.17) is 0 Å². The molecule has 0 nitrogen and oxygen atoms in total. The van der Waals surface area contributed by atoms with E-state index in [1.54, 1.807) is 0 Å². The molecule has 1 radical (unpaired) electrons. The van der Waals surface area contributed by atoms with Crippen LogP contribution in [-0.4, -0.2) is 36.0 Å². The van der Waals surface area contributed by atoms with Crippen LogP contribution in [0.25, 0.3) is 0 Å². The highest BCUT2D eigenvalue weighted by Gasteiger charge is 2.80. The molecular formula is C7H3F12. The minimum atomic E-state index is -7.00. The molecule has 0 spiro atoms. The van der Waals surface area contributed by atoms with Crippen LogP contribution in [0.4, 0.5) is 52.7 Å². The Morgan fingerprint density at radius 2 is 0.947 bits per heavy atom. The first-order valence-electron chi connectivity index (χ1n) is 3.98. The maximum Gasteiger partial charge on any atom is 0.456 e. The zero-order chi connectivity index (χ0) is 16.1. The molecule has 1 unspecified atom stereocenters. The van der Waals surface area contributed by atoms with Gasteiger partial charge in [-0.3, -0.25) is 0 Å². The van der Waals surface area contributed by atoms with Crippen molar-refractivity contribution in [3.8, 4) is 0 Å². The van der Waals surface area contributed by atoms with Crippen molar-refractivity contribution in [2.45, 2.75) is 36.0 Å². The van der Waals surface area contributed by atoms with Crippen LogP contribution in [0.15, 0.2) is 0 Å². The van der Waals surface area contributed by atoms with E-state index in [0.29, 0.717) is 0 Å². The van der Waals surface area contributed by atoms with Gasteiger partial charge in [-0.1, -0.05) is 0 Å². The Morgan fingerprint density at radius 1 is 0.632 bits per heavy atom. The molecule has 0 bridgehead atoms. The van der Waals surface area contributed by atoms with E-state index in [2.05, 4.69) is 0 Å². The van der Waals surface area contributed by atoms with Crippen molar-refractivity contribution in [1.29, 1.82) is 0 Å². The molecule has 12 heteroatoms. The van der Waals surface area contributed by atoms with E-state index >= 15 is 0 Å². The van der Waals surface area contributed by atoms with Crippen LogP contribution in [0, 0.1) is 6.92 Å². The Hall–Kier alpha value is -0.840. The second-order valence-corrected chi connectivity index (χ2v) is 3.39. The number of hydrogen-bond acceptors (Lipinski definition) is 0. The summed E-state index contributed by atoms with van der Waals surface area (Å²) in [5.74, 6) is -26.8. The topological polar surface area (TPSA) is 0 Å². The van der Waals surface area contributed by atoms with Crippen LogP contribution in [0.3, 0.4) is 0 Å². The average Bonchev–Trinajstić information content (AvgIpc) is 2.12. The fraction of sp³-hybridized carbons (Fsp3) is 0.857. The molecule has 0 aliphatic carbocycles. The lowest BCUT2D eigenvalue weighted by atomic mass is 9.97. The van der Waals surface area contributed by atoms with Gasteiger partial charge in [0.15, 0.2) is 0 Å². The average molecular weight is 315 g/mol. The van der Waals surface area contributed by atoms with Gasteiger partial charge in [-0.25, -0.2) is 4.39 Å². The minimum Gasteiger partial charge on any atom is -0.233 e. The molecule has 0 saturated heterocycles. The molecular weight excluding hydrogens is 312 g/mol. The summed E-state index contributed by atoms with van der Waals surface area (Å²) in [5.41, 5.74) is 0. The lowest BCUT2D eigenvalue weighted by Gasteiger charge is -2.35. The fourth-order valence-corrected chi connectivity index (χ4v) is 0.774. The van der Waals surface area contributed by atoms with Crippen molar-refractivity contribution >= 4 is 0 Å². The first kappa shape index (κ1) is 18.2. The van der Waals surface area contributed by atoms with Gasteiger partial charge in [-0.2, -0.15) is 48.3 Å². The van der Waals surface area contributed by atoms with Gasteiger partial charge in [0.25, 0.3) is 0 Å². The third-order valence-corrected chi connectivity index (χ3v) is 1.89. The van der Waals surface area contributed by atoms with Crippen LogP contribution in [0.2, 0.25) is 0 Å². The Kier molecular flexibility index (Phi) is 4.14. The molecule has 0 fully saturated rings. The van der Waals surface area contributed by atoms with Crippen molar-refractivity contribution in [1.82, 2.24) is 0 Å². The SMILES string of the molecule is [CH2]C(F)(F)C(F)(F)C(F)(F)C(F)C(F)(F)C(F)(F)F. The quantitative estimate of drug-likeness (QED) is 0.680. The summed E-state index contributed by atoms with van der Waals surface area (Å²) in [4.78, 5) is 0. The van der Waals surface area contributed by atoms with E-state index in [-0.39, 0.29) is 0 Å². The molecule has 0 aliphatic rings. The number of hydrogen-bond donors (Lipinski definition) is 0. The standard InChI is InChI=1S/C7H3F12/c1-3(9,10)6(15,16)4(11,12)2(8)5(13,14)7(17,18)19/h2H,1H2. The van der Waals surface area contributed by atoms with Gasteiger partial charge < -0.3 is 0 Å². The van der Waals surface area contributed by atoms with E-state index < -0.39 is 36.0 Å². The molecule has 0 N–H and O–H groups in total. The van der Waals surface area contributed by atoms with E-state index in [9.17, 15) is 52.7 Å². The van der Waals surface area contributed by atoms with Gasteiger partial charge in [-0.15, -0.1) is 0 Å². The third-order valence-electron chi connectivity index (χ3n) is 1.89. The first-order chi connectivity index (χ1) is 7.90. The van der Waals surface area contributed by atoms with Crippen LogP contribution < -0.4 is 0 Å². The Bertz CT molecular complexity index is 320. The van der Waals surface area contributed by atoms with Crippen molar-refractivity contribution in [3.05, 3.63) is 6.92 Å². The summed E-state index contributed by atoms with van der Waals surface area (Å²) in [6.07, 6.45) is -12.9. The lowest BCUT2D eigenvalue weighted by molar-refractivity contribution is -0.371. The van der Waals surface area contributed by atoms with Crippen molar-refractivity contribution in [3.63, 3.8) is 0 Å². The lowest BCUT2D eigenvalue weighted by Crippen LogP contribution is -2.64. The van der Waals surface area contributed by atoms with Crippen LogP contribution in [0.1, 0.15) is 0 Å². The fourth-order valence-electron chi connectivity index (χ4n) is 0.774. The second kappa shape index (κ2) is 4.33.